The predicted octanol–water partition coefficient (Wildman–Crippen LogP) is 2.70. The van der Waals surface area contributed by atoms with Gasteiger partial charge in [-0.1, -0.05) is 13.8 Å². The monoisotopic (exact) mass is 239 g/mol. The van der Waals surface area contributed by atoms with Crippen LogP contribution in [0.25, 0.3) is 0 Å². The molecule has 1 fully saturated rings. The molecule has 1 saturated heterocycles. The normalized spacial score (nSPS) is 25.8. The van der Waals surface area contributed by atoms with Gasteiger partial charge < -0.3 is 4.90 Å². The lowest BCUT2D eigenvalue weighted by Gasteiger charge is -2.35. The maximum atomic E-state index is 5.77. The highest BCUT2D eigenvalue weighted by atomic mass is 35.5. The van der Waals surface area contributed by atoms with Crippen LogP contribution in [0.3, 0.4) is 0 Å². The summed E-state index contributed by atoms with van der Waals surface area (Å²) in [6, 6.07) is 0. The van der Waals surface area contributed by atoms with E-state index in [1.807, 2.05) is 6.20 Å². The SMILES string of the molecule is CC1CCN(c2cncc(CCl)n2)CC1C. The van der Waals surface area contributed by atoms with Gasteiger partial charge in [-0.3, -0.25) is 4.98 Å². The van der Waals surface area contributed by atoms with Gasteiger partial charge in [0.05, 0.1) is 17.8 Å². The molecule has 0 amide bonds. The molecular formula is C12H18ClN3. The highest BCUT2D eigenvalue weighted by molar-refractivity contribution is 6.16. The van der Waals surface area contributed by atoms with Crippen molar-refractivity contribution in [3.8, 4) is 0 Å². The highest BCUT2D eigenvalue weighted by Gasteiger charge is 2.23. The van der Waals surface area contributed by atoms with Crippen molar-refractivity contribution in [1.29, 1.82) is 0 Å². The summed E-state index contributed by atoms with van der Waals surface area (Å²) < 4.78 is 0. The molecule has 88 valence electrons. The molecule has 1 aliphatic heterocycles. The lowest BCUT2D eigenvalue weighted by atomic mass is 9.89. The molecule has 1 aromatic rings. The average Bonchev–Trinajstić information content (AvgIpc) is 2.33. The molecule has 16 heavy (non-hydrogen) atoms. The van der Waals surface area contributed by atoms with Gasteiger partial charge >= 0.3 is 0 Å². The van der Waals surface area contributed by atoms with Gasteiger partial charge in [0.15, 0.2) is 0 Å². The van der Waals surface area contributed by atoms with Crippen LogP contribution in [0.5, 0.6) is 0 Å². The van der Waals surface area contributed by atoms with E-state index in [-0.39, 0.29) is 0 Å². The van der Waals surface area contributed by atoms with Crippen LogP contribution in [-0.2, 0) is 5.88 Å². The second-order valence-electron chi connectivity index (χ2n) is 4.69. The van der Waals surface area contributed by atoms with Crippen LogP contribution in [0.15, 0.2) is 12.4 Å². The molecule has 0 radical (unpaired) electrons. The smallest absolute Gasteiger partial charge is 0.147 e. The number of alkyl halides is 1. The number of aromatic nitrogens is 2. The fourth-order valence-electron chi connectivity index (χ4n) is 2.08. The van der Waals surface area contributed by atoms with Crippen molar-refractivity contribution in [2.24, 2.45) is 11.8 Å². The first-order valence-electron chi connectivity index (χ1n) is 5.82. The molecule has 0 N–H and O–H groups in total. The largest absolute Gasteiger partial charge is 0.355 e. The van der Waals surface area contributed by atoms with Crippen LogP contribution in [0.1, 0.15) is 26.0 Å². The number of nitrogens with zero attached hydrogens (tertiary/aromatic N) is 3. The standard InChI is InChI=1S/C12H18ClN3/c1-9-3-4-16(8-10(9)2)12-7-14-6-11(5-13)15-12/h6-7,9-10H,3-5,8H2,1-2H3. The minimum Gasteiger partial charge on any atom is -0.355 e. The summed E-state index contributed by atoms with van der Waals surface area (Å²) in [5, 5.41) is 0. The van der Waals surface area contributed by atoms with E-state index in [1.165, 1.54) is 6.42 Å². The molecule has 2 heterocycles. The molecule has 3 nitrogen and oxygen atoms in total. The van der Waals surface area contributed by atoms with E-state index in [0.29, 0.717) is 5.88 Å². The van der Waals surface area contributed by atoms with Gasteiger partial charge in [-0.15, -0.1) is 11.6 Å². The Kier molecular flexibility index (Phi) is 3.64. The van der Waals surface area contributed by atoms with E-state index in [1.54, 1.807) is 6.20 Å². The van der Waals surface area contributed by atoms with E-state index in [4.69, 9.17) is 11.6 Å². The summed E-state index contributed by atoms with van der Waals surface area (Å²) >= 11 is 5.77. The molecule has 1 aliphatic rings. The van der Waals surface area contributed by atoms with Crippen molar-refractivity contribution in [3.05, 3.63) is 18.1 Å². The van der Waals surface area contributed by atoms with Gasteiger partial charge in [0.25, 0.3) is 0 Å². The molecule has 0 bridgehead atoms. The van der Waals surface area contributed by atoms with Crippen molar-refractivity contribution < 1.29 is 0 Å². The zero-order valence-electron chi connectivity index (χ0n) is 9.86. The number of hydrogen-bond donors (Lipinski definition) is 0. The van der Waals surface area contributed by atoms with Crippen molar-refractivity contribution in [2.75, 3.05) is 18.0 Å². The minimum atomic E-state index is 0.431. The number of halogens is 1. The molecule has 4 heteroatoms. The second kappa shape index (κ2) is 5.00. The number of anilines is 1. The Morgan fingerprint density at radius 2 is 2.19 bits per heavy atom. The Morgan fingerprint density at radius 3 is 2.88 bits per heavy atom. The summed E-state index contributed by atoms with van der Waals surface area (Å²) in [4.78, 5) is 11.0. The van der Waals surface area contributed by atoms with Gasteiger partial charge in [0.1, 0.15) is 5.82 Å². The zero-order valence-corrected chi connectivity index (χ0v) is 10.6. The van der Waals surface area contributed by atoms with Crippen molar-refractivity contribution in [1.82, 2.24) is 9.97 Å². The van der Waals surface area contributed by atoms with Gasteiger partial charge in [-0.05, 0) is 18.3 Å². The van der Waals surface area contributed by atoms with Gasteiger partial charge in [-0.2, -0.15) is 0 Å². The maximum Gasteiger partial charge on any atom is 0.147 e. The van der Waals surface area contributed by atoms with Crippen LogP contribution < -0.4 is 4.90 Å². The maximum absolute atomic E-state index is 5.77. The molecule has 2 rings (SSSR count). The van der Waals surface area contributed by atoms with E-state index < -0.39 is 0 Å². The molecule has 1 aromatic heterocycles. The van der Waals surface area contributed by atoms with E-state index >= 15 is 0 Å². The molecule has 0 saturated carbocycles. The average molecular weight is 240 g/mol. The third-order valence-corrected chi connectivity index (χ3v) is 3.74. The van der Waals surface area contributed by atoms with Gasteiger partial charge in [0, 0.05) is 19.3 Å². The third kappa shape index (κ3) is 2.46. The minimum absolute atomic E-state index is 0.431. The van der Waals surface area contributed by atoms with Crippen molar-refractivity contribution in [3.63, 3.8) is 0 Å². The number of hydrogen-bond acceptors (Lipinski definition) is 3. The Labute approximate surface area is 102 Å². The lowest BCUT2D eigenvalue weighted by Crippen LogP contribution is -2.39. The van der Waals surface area contributed by atoms with Gasteiger partial charge in [0.2, 0.25) is 0 Å². The molecule has 0 aliphatic carbocycles. The molecule has 2 atom stereocenters. The quantitative estimate of drug-likeness (QED) is 0.744. The lowest BCUT2D eigenvalue weighted by molar-refractivity contribution is 0.322. The Morgan fingerprint density at radius 1 is 1.38 bits per heavy atom. The van der Waals surface area contributed by atoms with Crippen LogP contribution in [0.4, 0.5) is 5.82 Å². The Hall–Kier alpha value is -0.830. The fraction of sp³-hybridized carbons (Fsp3) is 0.667. The fourth-order valence-corrected chi connectivity index (χ4v) is 2.21. The van der Waals surface area contributed by atoms with Crippen LogP contribution in [0.2, 0.25) is 0 Å². The second-order valence-corrected chi connectivity index (χ2v) is 4.96. The van der Waals surface area contributed by atoms with Crippen LogP contribution >= 0.6 is 11.6 Å². The summed E-state index contributed by atoms with van der Waals surface area (Å²) in [6.45, 7) is 6.77. The number of piperidine rings is 1. The highest BCUT2D eigenvalue weighted by Crippen LogP contribution is 2.25. The van der Waals surface area contributed by atoms with Crippen molar-refractivity contribution in [2.45, 2.75) is 26.1 Å². The molecule has 0 spiro atoms. The summed E-state index contributed by atoms with van der Waals surface area (Å²) in [5.74, 6) is 2.92. The molecule has 0 aromatic carbocycles. The topological polar surface area (TPSA) is 29.0 Å². The van der Waals surface area contributed by atoms with Crippen LogP contribution in [-0.4, -0.2) is 23.1 Å². The van der Waals surface area contributed by atoms with E-state index in [0.717, 1.165) is 36.4 Å². The summed E-state index contributed by atoms with van der Waals surface area (Å²) in [5.41, 5.74) is 0.852. The number of rotatable bonds is 2. The third-order valence-electron chi connectivity index (χ3n) is 3.47. The Bertz CT molecular complexity index is 356. The first-order valence-corrected chi connectivity index (χ1v) is 6.36. The van der Waals surface area contributed by atoms with E-state index in [2.05, 4.69) is 28.7 Å². The van der Waals surface area contributed by atoms with Crippen molar-refractivity contribution >= 4 is 17.4 Å². The first kappa shape index (κ1) is 11.6. The van der Waals surface area contributed by atoms with E-state index in [9.17, 15) is 0 Å². The summed E-state index contributed by atoms with van der Waals surface area (Å²) in [6.07, 6.45) is 4.79. The van der Waals surface area contributed by atoms with Gasteiger partial charge in [-0.25, -0.2) is 4.98 Å². The predicted molar refractivity (Wildman–Crippen MR) is 66.7 cm³/mol. The molecular weight excluding hydrogens is 222 g/mol. The molecule has 2 unspecified atom stereocenters. The first-order chi connectivity index (χ1) is 7.70. The van der Waals surface area contributed by atoms with Crippen LogP contribution in [0, 0.1) is 11.8 Å². The zero-order chi connectivity index (χ0) is 11.5. The summed E-state index contributed by atoms with van der Waals surface area (Å²) in [7, 11) is 0. The Balaban J connectivity index is 2.12.